The van der Waals surface area contributed by atoms with Gasteiger partial charge in [-0.1, -0.05) is 13.8 Å². The lowest BCUT2D eigenvalue weighted by Crippen LogP contribution is -2.32. The van der Waals surface area contributed by atoms with Crippen molar-refractivity contribution in [2.75, 3.05) is 5.32 Å². The molecule has 1 amide bonds. The van der Waals surface area contributed by atoms with E-state index in [4.69, 9.17) is 0 Å². The zero-order valence-corrected chi connectivity index (χ0v) is 12.8. The molecule has 8 nitrogen and oxygen atoms in total. The highest BCUT2D eigenvalue weighted by Gasteiger charge is 2.14. The predicted octanol–water partition coefficient (Wildman–Crippen LogP) is 1.05. The molecule has 0 radical (unpaired) electrons. The van der Waals surface area contributed by atoms with Gasteiger partial charge >= 0.3 is 0 Å². The zero-order chi connectivity index (χ0) is 16.4. The van der Waals surface area contributed by atoms with E-state index >= 15 is 0 Å². The molecule has 3 aromatic rings. The number of nitrogens with zero attached hydrogens (tertiary/aromatic N) is 5. The third-order valence-corrected chi connectivity index (χ3v) is 3.33. The van der Waals surface area contributed by atoms with Crippen LogP contribution in [0.4, 0.5) is 5.82 Å². The molecule has 0 aliphatic carbocycles. The quantitative estimate of drug-likeness (QED) is 0.777. The van der Waals surface area contributed by atoms with Gasteiger partial charge in [0.1, 0.15) is 30.0 Å². The van der Waals surface area contributed by atoms with Crippen molar-refractivity contribution in [1.82, 2.24) is 24.1 Å². The summed E-state index contributed by atoms with van der Waals surface area (Å²) < 4.78 is 2.94. The van der Waals surface area contributed by atoms with E-state index in [9.17, 15) is 9.59 Å². The predicted molar refractivity (Wildman–Crippen MR) is 84.2 cm³/mol. The average molecular weight is 312 g/mol. The van der Waals surface area contributed by atoms with Crippen molar-refractivity contribution in [2.24, 2.45) is 0 Å². The van der Waals surface area contributed by atoms with Crippen LogP contribution in [0.25, 0.3) is 5.52 Å². The van der Waals surface area contributed by atoms with Gasteiger partial charge in [0.25, 0.3) is 5.56 Å². The third kappa shape index (κ3) is 2.96. The van der Waals surface area contributed by atoms with Crippen LogP contribution in [0.2, 0.25) is 0 Å². The highest BCUT2D eigenvalue weighted by Crippen LogP contribution is 2.12. The molecule has 0 aliphatic rings. The second-order valence-electron chi connectivity index (χ2n) is 5.38. The van der Waals surface area contributed by atoms with Crippen LogP contribution < -0.4 is 10.9 Å². The maximum atomic E-state index is 12.4. The molecule has 0 atom stereocenters. The maximum Gasteiger partial charge on any atom is 0.291 e. The van der Waals surface area contributed by atoms with Gasteiger partial charge in [0.15, 0.2) is 0 Å². The molecule has 1 N–H and O–H groups in total. The molecule has 23 heavy (non-hydrogen) atoms. The number of carbonyl (C=O) groups is 1. The zero-order valence-electron chi connectivity index (χ0n) is 12.8. The van der Waals surface area contributed by atoms with E-state index in [1.165, 1.54) is 17.2 Å². The Morgan fingerprint density at radius 3 is 2.87 bits per heavy atom. The van der Waals surface area contributed by atoms with Crippen molar-refractivity contribution in [2.45, 2.75) is 26.3 Å². The topological polar surface area (TPSA) is 94.2 Å². The minimum absolute atomic E-state index is 0.113. The second-order valence-corrected chi connectivity index (χ2v) is 5.38. The molecule has 118 valence electrons. The fourth-order valence-electron chi connectivity index (χ4n) is 2.29. The number of anilines is 1. The number of rotatable bonds is 4. The Bertz CT molecular complexity index is 897. The number of fused-ring (bicyclic) bond motifs is 1. The summed E-state index contributed by atoms with van der Waals surface area (Å²) in [7, 11) is 0. The summed E-state index contributed by atoms with van der Waals surface area (Å²) in [5, 5.41) is 6.94. The standard InChI is InChI=1S/C15H16N6O2/c1-10(2)14-19-21(15(23)11-4-3-7-20(11)14)8-13(22)18-12-5-6-16-9-17-12/h3-7,9-10H,8H2,1-2H3,(H,16,17,18,22). The lowest BCUT2D eigenvalue weighted by atomic mass is 10.2. The van der Waals surface area contributed by atoms with Crippen LogP contribution in [0.15, 0.2) is 41.7 Å². The smallest absolute Gasteiger partial charge is 0.291 e. The highest BCUT2D eigenvalue weighted by atomic mass is 16.2. The van der Waals surface area contributed by atoms with Gasteiger partial charge in [0.2, 0.25) is 5.91 Å². The van der Waals surface area contributed by atoms with Gasteiger partial charge in [0.05, 0.1) is 0 Å². The first-order valence-corrected chi connectivity index (χ1v) is 7.20. The molecule has 3 aromatic heterocycles. The number of hydrogen-bond donors (Lipinski definition) is 1. The first kappa shape index (κ1) is 14.9. The van der Waals surface area contributed by atoms with Crippen LogP contribution in [0.5, 0.6) is 0 Å². The van der Waals surface area contributed by atoms with Crippen molar-refractivity contribution in [3.63, 3.8) is 0 Å². The van der Waals surface area contributed by atoms with E-state index in [0.717, 1.165) is 5.82 Å². The van der Waals surface area contributed by atoms with Gasteiger partial charge in [-0.15, -0.1) is 0 Å². The highest BCUT2D eigenvalue weighted by molar-refractivity contribution is 5.89. The maximum absolute atomic E-state index is 12.4. The fourth-order valence-corrected chi connectivity index (χ4v) is 2.29. The van der Waals surface area contributed by atoms with Crippen molar-refractivity contribution >= 4 is 17.2 Å². The SMILES string of the molecule is CC(C)c1nn(CC(=O)Nc2ccncn2)c(=O)c2cccn12. The van der Waals surface area contributed by atoms with Crippen LogP contribution in [0.1, 0.15) is 25.6 Å². The molecule has 0 aliphatic heterocycles. The molecule has 0 saturated carbocycles. The summed E-state index contributed by atoms with van der Waals surface area (Å²) in [6, 6.07) is 5.08. The monoisotopic (exact) mass is 312 g/mol. The van der Waals surface area contributed by atoms with Crippen molar-refractivity contribution < 1.29 is 4.79 Å². The van der Waals surface area contributed by atoms with Crippen LogP contribution in [-0.2, 0) is 11.3 Å². The first-order chi connectivity index (χ1) is 11.1. The molecule has 0 fully saturated rings. The van der Waals surface area contributed by atoms with Gasteiger partial charge in [-0.3, -0.25) is 14.0 Å². The van der Waals surface area contributed by atoms with Gasteiger partial charge in [-0.05, 0) is 18.2 Å². The Balaban J connectivity index is 1.92. The van der Waals surface area contributed by atoms with Crippen molar-refractivity contribution in [3.8, 4) is 0 Å². The number of aromatic nitrogens is 5. The third-order valence-electron chi connectivity index (χ3n) is 3.33. The summed E-state index contributed by atoms with van der Waals surface area (Å²) in [4.78, 5) is 32.2. The van der Waals surface area contributed by atoms with E-state index in [1.54, 1.807) is 28.8 Å². The average Bonchev–Trinajstić information content (AvgIpc) is 3.00. The molecule has 3 rings (SSSR count). The summed E-state index contributed by atoms with van der Waals surface area (Å²) in [6.45, 7) is 3.79. The minimum atomic E-state index is -0.371. The number of amides is 1. The summed E-state index contributed by atoms with van der Waals surface area (Å²) >= 11 is 0. The van der Waals surface area contributed by atoms with Crippen LogP contribution in [0.3, 0.4) is 0 Å². The van der Waals surface area contributed by atoms with Crippen LogP contribution >= 0.6 is 0 Å². The number of carbonyl (C=O) groups excluding carboxylic acids is 1. The normalized spacial score (nSPS) is 11.1. The van der Waals surface area contributed by atoms with E-state index < -0.39 is 0 Å². The molecule has 0 bridgehead atoms. The second kappa shape index (κ2) is 5.99. The Kier molecular flexibility index (Phi) is 3.88. The Hall–Kier alpha value is -3.03. The Labute approximate surface area is 131 Å². The first-order valence-electron chi connectivity index (χ1n) is 7.20. The molecule has 0 aromatic carbocycles. The molecular weight excluding hydrogens is 296 g/mol. The summed E-state index contributed by atoms with van der Waals surface area (Å²) in [5.74, 6) is 0.843. The van der Waals surface area contributed by atoms with Gasteiger partial charge in [0, 0.05) is 18.3 Å². The Morgan fingerprint density at radius 2 is 2.17 bits per heavy atom. The summed E-state index contributed by atoms with van der Waals surface area (Å²) in [6.07, 6.45) is 4.66. The van der Waals surface area contributed by atoms with Crippen LogP contribution in [-0.4, -0.2) is 30.1 Å². The largest absolute Gasteiger partial charge is 0.309 e. The summed E-state index contributed by atoms with van der Waals surface area (Å²) in [5.41, 5.74) is 0.191. The lowest BCUT2D eigenvalue weighted by molar-refractivity contribution is -0.117. The molecule has 0 saturated heterocycles. The van der Waals surface area contributed by atoms with Crippen molar-refractivity contribution in [3.05, 3.63) is 53.1 Å². The van der Waals surface area contributed by atoms with E-state index in [-0.39, 0.29) is 23.9 Å². The molecule has 0 spiro atoms. The number of nitrogens with one attached hydrogen (secondary N) is 1. The molecular formula is C15H16N6O2. The van der Waals surface area contributed by atoms with E-state index in [1.807, 2.05) is 13.8 Å². The van der Waals surface area contributed by atoms with Gasteiger partial charge in [-0.25, -0.2) is 14.6 Å². The molecule has 3 heterocycles. The van der Waals surface area contributed by atoms with Crippen molar-refractivity contribution in [1.29, 1.82) is 0 Å². The molecule has 0 unspecified atom stereocenters. The van der Waals surface area contributed by atoms with E-state index in [0.29, 0.717) is 11.3 Å². The van der Waals surface area contributed by atoms with Crippen LogP contribution in [0, 0.1) is 0 Å². The van der Waals surface area contributed by atoms with Gasteiger partial charge in [-0.2, -0.15) is 5.10 Å². The van der Waals surface area contributed by atoms with Gasteiger partial charge < -0.3 is 5.32 Å². The number of hydrogen-bond acceptors (Lipinski definition) is 5. The lowest BCUT2D eigenvalue weighted by Gasteiger charge is -2.12. The van der Waals surface area contributed by atoms with E-state index in [2.05, 4.69) is 20.4 Å². The Morgan fingerprint density at radius 1 is 1.35 bits per heavy atom. The fraction of sp³-hybridized carbons (Fsp3) is 0.267. The molecule has 8 heteroatoms. The minimum Gasteiger partial charge on any atom is -0.309 e.